The summed E-state index contributed by atoms with van der Waals surface area (Å²) in [5.74, 6) is -13.5. The molecular weight excluding hydrogens is 856 g/mol. The maximum absolute atomic E-state index is 13.9. The van der Waals surface area contributed by atoms with E-state index in [1.807, 2.05) is 6.92 Å². The highest BCUT2D eigenvalue weighted by atomic mass is 16.8. The highest BCUT2D eigenvalue weighted by Gasteiger charge is 2.69. The molecule has 0 bridgehead atoms. The SMILES string of the molecule is CCC1=CC([C@H]2CC[C@]3(Oc4cc5oc(-c6cc(O)c(O)c(CCO)c6)cc(=O)c5c(O)c42)O[C@H](C(=O)O[C@H]2O[C@](CCO)(C(=O)O)C(O)(O)[C@H](O)[C@H]2O)[C@@H](O)[C@H](O)[C@H]3O)=CNC1N. The van der Waals surface area contributed by atoms with Crippen molar-refractivity contribution in [1.82, 2.24) is 5.32 Å². The van der Waals surface area contributed by atoms with Crippen molar-refractivity contribution in [2.75, 3.05) is 13.2 Å². The summed E-state index contributed by atoms with van der Waals surface area (Å²) in [6.07, 6.45) is -15.9. The second-order valence-electron chi connectivity index (χ2n) is 16.0. The second-order valence-corrected chi connectivity index (χ2v) is 16.0. The zero-order valence-electron chi connectivity index (χ0n) is 33.8. The molecule has 64 heavy (non-hydrogen) atoms. The lowest BCUT2D eigenvalue weighted by Gasteiger charge is -2.50. The van der Waals surface area contributed by atoms with E-state index in [1.165, 1.54) is 6.07 Å². The van der Waals surface area contributed by atoms with E-state index in [-0.39, 0.29) is 52.0 Å². The molecule has 5 heterocycles. The zero-order chi connectivity index (χ0) is 46.8. The number of aliphatic carboxylic acids is 1. The number of aromatic hydroxyl groups is 3. The first-order chi connectivity index (χ1) is 30.2. The molecule has 0 aliphatic carbocycles. The van der Waals surface area contributed by atoms with Crippen LogP contribution in [0.15, 0.2) is 56.9 Å². The van der Waals surface area contributed by atoms with Gasteiger partial charge in [-0.05, 0) is 42.5 Å². The van der Waals surface area contributed by atoms with Gasteiger partial charge in [-0.2, -0.15) is 0 Å². The van der Waals surface area contributed by atoms with Gasteiger partial charge < -0.3 is 101 Å². The lowest BCUT2D eigenvalue weighted by molar-refractivity contribution is -0.408. The van der Waals surface area contributed by atoms with Crippen LogP contribution in [0.5, 0.6) is 23.0 Å². The summed E-state index contributed by atoms with van der Waals surface area (Å²) < 4.78 is 28.7. The summed E-state index contributed by atoms with van der Waals surface area (Å²) in [5, 5.41) is 141. The topological polar surface area (TPSA) is 402 Å². The van der Waals surface area contributed by atoms with Gasteiger partial charge >= 0.3 is 11.9 Å². The monoisotopic (exact) mass is 904 g/mol. The molecule has 1 aromatic heterocycles. The average Bonchev–Trinajstić information content (AvgIpc) is 3.41. The van der Waals surface area contributed by atoms with E-state index in [0.717, 1.165) is 23.8 Å². The summed E-state index contributed by atoms with van der Waals surface area (Å²) in [4.78, 5) is 40.1. The summed E-state index contributed by atoms with van der Waals surface area (Å²) in [5.41, 5.74) is 3.10. The van der Waals surface area contributed by atoms with Gasteiger partial charge in [0.1, 0.15) is 58.7 Å². The van der Waals surface area contributed by atoms with Gasteiger partial charge in [0.2, 0.25) is 23.5 Å². The minimum atomic E-state index is -3.76. The molecule has 2 saturated heterocycles. The normalized spacial score (nSPS) is 32.4. The van der Waals surface area contributed by atoms with Crippen LogP contribution in [0.2, 0.25) is 0 Å². The minimum Gasteiger partial charge on any atom is -0.507 e. The van der Waals surface area contributed by atoms with E-state index < -0.39 is 133 Å². The first kappa shape index (κ1) is 46.6. The Morgan fingerprint density at radius 1 is 0.938 bits per heavy atom. The number of fused-ring (bicyclic) bond motifs is 2. The van der Waals surface area contributed by atoms with Gasteiger partial charge in [0, 0.05) is 67.0 Å². The Labute approximate surface area is 360 Å². The molecule has 11 atom stereocenters. The molecule has 2 fully saturated rings. The van der Waals surface area contributed by atoms with Gasteiger partial charge in [0.25, 0.3) is 0 Å². The van der Waals surface area contributed by atoms with Gasteiger partial charge in [-0.15, -0.1) is 0 Å². The molecule has 3 aromatic rings. The van der Waals surface area contributed by atoms with Crippen LogP contribution in [0.1, 0.15) is 49.7 Å². The Kier molecular flexibility index (Phi) is 12.5. The molecule has 2 aromatic carbocycles. The highest BCUT2D eigenvalue weighted by Crippen LogP contribution is 2.52. The number of aliphatic hydroxyl groups excluding tert-OH is 7. The molecular formula is C41H48N2O21. The highest BCUT2D eigenvalue weighted by molar-refractivity contribution is 5.89. The molecule has 23 heteroatoms. The number of hydrogen-bond donors (Lipinski definition) is 15. The molecule has 0 radical (unpaired) electrons. The van der Waals surface area contributed by atoms with Crippen molar-refractivity contribution >= 4 is 22.9 Å². The van der Waals surface area contributed by atoms with Gasteiger partial charge in [-0.3, -0.25) is 4.79 Å². The summed E-state index contributed by atoms with van der Waals surface area (Å²) >= 11 is 0. The molecule has 16 N–H and O–H groups in total. The lowest BCUT2D eigenvalue weighted by atomic mass is 9.80. The number of rotatable bonds is 10. The summed E-state index contributed by atoms with van der Waals surface area (Å²) in [6.45, 7) is 0.359. The predicted molar refractivity (Wildman–Crippen MR) is 212 cm³/mol. The molecule has 23 nitrogen and oxygen atoms in total. The van der Waals surface area contributed by atoms with Crippen molar-refractivity contribution in [3.8, 4) is 34.3 Å². The number of carbonyl (C=O) groups excluding carboxylic acids is 1. The molecule has 4 aliphatic heterocycles. The number of hydrogen-bond acceptors (Lipinski definition) is 22. The van der Waals surface area contributed by atoms with Crippen LogP contribution in [-0.2, 0) is 30.2 Å². The second kappa shape index (κ2) is 17.2. The van der Waals surface area contributed by atoms with Crippen molar-refractivity contribution in [2.24, 2.45) is 5.73 Å². The van der Waals surface area contributed by atoms with E-state index in [4.69, 9.17) is 29.1 Å². The summed E-state index contributed by atoms with van der Waals surface area (Å²) in [6, 6.07) is 4.60. The fraction of sp³-hybridized carbons (Fsp3) is 0.488. The van der Waals surface area contributed by atoms with Crippen molar-refractivity contribution in [3.63, 3.8) is 0 Å². The van der Waals surface area contributed by atoms with Crippen LogP contribution < -0.4 is 21.2 Å². The van der Waals surface area contributed by atoms with Crippen molar-refractivity contribution in [2.45, 2.75) is 111 Å². The number of carboxylic acid groups (broad SMARTS) is 1. The molecule has 348 valence electrons. The van der Waals surface area contributed by atoms with Gasteiger partial charge in [-0.25, -0.2) is 9.59 Å². The first-order valence-corrected chi connectivity index (χ1v) is 20.0. The first-order valence-electron chi connectivity index (χ1n) is 20.0. The standard InChI is InChI=1S/C41H48N2O21/c1-2-15-9-18(14-43-35(15)42)19-3-5-40(62-24-13-23-26(28(49)25(19)24)20(46)12-22(60-23)17-10-16(4-7-44)27(48)21(47)11-17)33(53)30(51)29(50)32(63-40)36(55)61-37-31(52)34(54)41(58,59)39(64-37,6-8-45)38(56)57/h9-14,19,29-35,37,43-45,47-54,58-59H,2-8,42H2,1H3,(H,56,57)/t19-,29+,30+,31-,32+,33-,34-,35?,37+,39-,40+/m1/s1. The fourth-order valence-corrected chi connectivity index (χ4v) is 8.64. The maximum atomic E-state index is 13.9. The van der Waals surface area contributed by atoms with Crippen LogP contribution in [-0.4, -0.2) is 158 Å². The zero-order valence-corrected chi connectivity index (χ0v) is 33.8. The summed E-state index contributed by atoms with van der Waals surface area (Å²) in [7, 11) is 0. The van der Waals surface area contributed by atoms with Crippen molar-refractivity contribution in [3.05, 3.63) is 69.0 Å². The Bertz CT molecular complexity index is 2450. The predicted octanol–water partition coefficient (Wildman–Crippen LogP) is -2.84. The molecule has 0 amide bonds. The van der Waals surface area contributed by atoms with Crippen LogP contribution >= 0.6 is 0 Å². The third-order valence-electron chi connectivity index (χ3n) is 12.2. The number of esters is 1. The number of nitrogens with one attached hydrogen (secondary N) is 1. The number of carbonyl (C=O) groups is 2. The van der Waals surface area contributed by atoms with E-state index >= 15 is 0 Å². The minimum absolute atomic E-state index is 0.0687. The Balaban J connectivity index is 1.33. The molecule has 0 saturated carbocycles. The Hall–Kier alpha value is -5.41. The number of carboxylic acids is 1. The number of allylic oxidation sites excluding steroid dienone is 2. The third kappa shape index (κ3) is 7.51. The molecule has 1 spiro atoms. The third-order valence-corrected chi connectivity index (χ3v) is 12.2. The molecule has 7 rings (SSSR count). The number of benzene rings is 2. The Morgan fingerprint density at radius 3 is 2.31 bits per heavy atom. The number of ether oxygens (including phenoxy) is 4. The number of phenolic OH excluding ortho intramolecular Hbond substituents is 3. The smallest absolute Gasteiger partial charge is 0.342 e. The average molecular weight is 905 g/mol. The van der Waals surface area contributed by atoms with Crippen LogP contribution in [0.25, 0.3) is 22.3 Å². The number of nitrogens with two attached hydrogens (primary N) is 1. The largest absolute Gasteiger partial charge is 0.507 e. The maximum Gasteiger partial charge on any atom is 0.342 e. The van der Waals surface area contributed by atoms with E-state index in [9.17, 15) is 80.8 Å². The van der Waals surface area contributed by atoms with Crippen molar-refractivity contribution < 1.29 is 99.3 Å². The number of aliphatic hydroxyl groups is 9. The van der Waals surface area contributed by atoms with Gasteiger partial charge in [-0.1, -0.05) is 13.0 Å². The number of dihydropyridines is 1. The van der Waals surface area contributed by atoms with E-state index in [0.29, 0.717) is 12.0 Å². The van der Waals surface area contributed by atoms with Crippen LogP contribution in [0.4, 0.5) is 0 Å². The van der Waals surface area contributed by atoms with Gasteiger partial charge in [0.05, 0.1) is 6.17 Å². The van der Waals surface area contributed by atoms with Crippen molar-refractivity contribution in [1.29, 1.82) is 0 Å². The van der Waals surface area contributed by atoms with Crippen LogP contribution in [0, 0.1) is 0 Å². The van der Waals surface area contributed by atoms with Crippen LogP contribution in [0.3, 0.4) is 0 Å². The Morgan fingerprint density at radius 2 is 1.66 bits per heavy atom. The molecule has 4 aliphatic rings. The van der Waals surface area contributed by atoms with Gasteiger partial charge in [0.15, 0.2) is 23.0 Å². The van der Waals surface area contributed by atoms with E-state index in [2.05, 4.69) is 5.32 Å². The number of phenols is 3. The quantitative estimate of drug-likeness (QED) is 0.0553. The molecule has 1 unspecified atom stereocenters. The lowest BCUT2D eigenvalue weighted by Crippen LogP contribution is -2.76. The van der Waals surface area contributed by atoms with E-state index in [1.54, 1.807) is 12.3 Å². The fourth-order valence-electron chi connectivity index (χ4n) is 8.64.